The maximum atomic E-state index is 9.97. The third-order valence-electron chi connectivity index (χ3n) is 3.45. The van der Waals surface area contributed by atoms with Gasteiger partial charge in [-0.1, -0.05) is 42.5 Å². The Morgan fingerprint density at radius 2 is 1.89 bits per heavy atom. The van der Waals surface area contributed by atoms with Gasteiger partial charge in [0.1, 0.15) is 5.75 Å². The SMILES string of the molecule is N#C[C@@H]1O[C@@H](c2ccccc2)Cc2c(O)cccc21. The second-order valence-corrected chi connectivity index (χ2v) is 4.59. The van der Waals surface area contributed by atoms with Crippen LogP contribution < -0.4 is 0 Å². The number of phenolic OH excluding ortho intramolecular Hbond substituents is 1. The van der Waals surface area contributed by atoms with Crippen LogP contribution in [0.1, 0.15) is 28.9 Å². The van der Waals surface area contributed by atoms with E-state index in [1.165, 1.54) is 0 Å². The first-order chi connectivity index (χ1) is 9.29. The lowest BCUT2D eigenvalue weighted by Gasteiger charge is -2.29. The summed E-state index contributed by atoms with van der Waals surface area (Å²) in [5.41, 5.74) is 2.61. The van der Waals surface area contributed by atoms with Crippen LogP contribution in [0.4, 0.5) is 0 Å². The Hall–Kier alpha value is -2.31. The molecule has 3 heteroatoms. The van der Waals surface area contributed by atoms with Gasteiger partial charge in [-0.25, -0.2) is 0 Å². The van der Waals surface area contributed by atoms with Crippen molar-refractivity contribution in [1.29, 1.82) is 5.26 Å². The van der Waals surface area contributed by atoms with Crippen LogP contribution in [-0.2, 0) is 11.2 Å². The van der Waals surface area contributed by atoms with E-state index in [0.29, 0.717) is 6.42 Å². The van der Waals surface area contributed by atoms with Crippen LogP contribution in [0.2, 0.25) is 0 Å². The zero-order valence-corrected chi connectivity index (χ0v) is 10.3. The Kier molecular flexibility index (Phi) is 2.94. The molecule has 0 fully saturated rings. The smallest absolute Gasteiger partial charge is 0.170 e. The summed E-state index contributed by atoms with van der Waals surface area (Å²) >= 11 is 0. The Morgan fingerprint density at radius 1 is 1.11 bits per heavy atom. The Balaban J connectivity index is 2.03. The van der Waals surface area contributed by atoms with Crippen molar-refractivity contribution in [3.8, 4) is 11.8 Å². The van der Waals surface area contributed by atoms with Crippen molar-refractivity contribution >= 4 is 0 Å². The Bertz CT molecular complexity index is 631. The van der Waals surface area contributed by atoms with E-state index in [2.05, 4.69) is 6.07 Å². The molecule has 1 aliphatic rings. The van der Waals surface area contributed by atoms with Crippen LogP contribution in [-0.4, -0.2) is 5.11 Å². The van der Waals surface area contributed by atoms with Gasteiger partial charge in [0.2, 0.25) is 0 Å². The van der Waals surface area contributed by atoms with Gasteiger partial charge >= 0.3 is 0 Å². The minimum Gasteiger partial charge on any atom is -0.508 e. The first-order valence-corrected chi connectivity index (χ1v) is 6.20. The van der Waals surface area contributed by atoms with E-state index in [9.17, 15) is 10.4 Å². The van der Waals surface area contributed by atoms with Crippen molar-refractivity contribution in [2.45, 2.75) is 18.6 Å². The number of benzene rings is 2. The van der Waals surface area contributed by atoms with Gasteiger partial charge in [-0.2, -0.15) is 5.26 Å². The second-order valence-electron chi connectivity index (χ2n) is 4.59. The molecule has 0 unspecified atom stereocenters. The quantitative estimate of drug-likeness (QED) is 0.846. The fourth-order valence-corrected chi connectivity index (χ4v) is 2.50. The summed E-state index contributed by atoms with van der Waals surface area (Å²) in [6.07, 6.45) is -0.225. The summed E-state index contributed by atoms with van der Waals surface area (Å²) in [6.45, 7) is 0. The number of aromatic hydroxyl groups is 1. The lowest BCUT2D eigenvalue weighted by molar-refractivity contribution is 0.00194. The molecule has 2 atom stereocenters. The van der Waals surface area contributed by atoms with E-state index in [-0.39, 0.29) is 11.9 Å². The third-order valence-corrected chi connectivity index (χ3v) is 3.45. The lowest BCUT2D eigenvalue weighted by atomic mass is 9.91. The largest absolute Gasteiger partial charge is 0.508 e. The summed E-state index contributed by atoms with van der Waals surface area (Å²) in [5.74, 6) is 0.238. The van der Waals surface area contributed by atoms with Gasteiger partial charge < -0.3 is 9.84 Å². The van der Waals surface area contributed by atoms with E-state index in [1.807, 2.05) is 36.4 Å². The topological polar surface area (TPSA) is 53.2 Å². The Labute approximate surface area is 111 Å². The number of nitriles is 1. The van der Waals surface area contributed by atoms with E-state index in [0.717, 1.165) is 16.7 Å². The van der Waals surface area contributed by atoms with Crippen LogP contribution in [0.15, 0.2) is 48.5 Å². The van der Waals surface area contributed by atoms with Crippen molar-refractivity contribution in [1.82, 2.24) is 0 Å². The maximum Gasteiger partial charge on any atom is 0.170 e. The molecule has 0 amide bonds. The average Bonchev–Trinajstić information content (AvgIpc) is 2.48. The highest BCUT2D eigenvalue weighted by atomic mass is 16.5. The van der Waals surface area contributed by atoms with E-state index in [4.69, 9.17) is 4.74 Å². The molecule has 0 spiro atoms. The molecule has 0 aliphatic carbocycles. The molecule has 2 aromatic rings. The van der Waals surface area contributed by atoms with E-state index >= 15 is 0 Å². The van der Waals surface area contributed by atoms with Crippen LogP contribution in [0.5, 0.6) is 5.75 Å². The summed E-state index contributed by atoms with van der Waals surface area (Å²) in [4.78, 5) is 0. The lowest BCUT2D eigenvalue weighted by Crippen LogP contribution is -2.19. The van der Waals surface area contributed by atoms with Gasteiger partial charge in [0, 0.05) is 17.5 Å². The molecule has 3 nitrogen and oxygen atoms in total. The first kappa shape index (κ1) is 11.8. The van der Waals surface area contributed by atoms with Gasteiger partial charge in [0.25, 0.3) is 0 Å². The molecule has 94 valence electrons. The molecule has 0 saturated carbocycles. The van der Waals surface area contributed by atoms with Gasteiger partial charge in [-0.15, -0.1) is 0 Å². The molecule has 1 heterocycles. The highest BCUT2D eigenvalue weighted by Crippen LogP contribution is 2.40. The molecule has 1 aliphatic heterocycles. The Morgan fingerprint density at radius 3 is 2.63 bits per heavy atom. The van der Waals surface area contributed by atoms with E-state index in [1.54, 1.807) is 12.1 Å². The van der Waals surface area contributed by atoms with Gasteiger partial charge in [-0.3, -0.25) is 0 Å². The molecule has 0 radical (unpaired) electrons. The highest BCUT2D eigenvalue weighted by molar-refractivity contribution is 5.44. The first-order valence-electron chi connectivity index (χ1n) is 6.20. The van der Waals surface area contributed by atoms with Crippen molar-refractivity contribution in [2.75, 3.05) is 0 Å². The normalized spacial score (nSPS) is 21.4. The summed E-state index contributed by atoms with van der Waals surface area (Å²) in [6, 6.07) is 17.2. The number of nitrogens with zero attached hydrogens (tertiary/aromatic N) is 1. The average molecular weight is 251 g/mol. The number of hydrogen-bond donors (Lipinski definition) is 1. The predicted octanol–water partition coefficient (Wildman–Crippen LogP) is 3.27. The highest BCUT2D eigenvalue weighted by Gasteiger charge is 2.29. The monoisotopic (exact) mass is 251 g/mol. The van der Waals surface area contributed by atoms with Crippen molar-refractivity contribution in [2.24, 2.45) is 0 Å². The number of fused-ring (bicyclic) bond motifs is 1. The van der Waals surface area contributed by atoms with Crippen LogP contribution >= 0.6 is 0 Å². The maximum absolute atomic E-state index is 9.97. The molecule has 0 saturated heterocycles. The van der Waals surface area contributed by atoms with Gasteiger partial charge in [0.05, 0.1) is 12.2 Å². The van der Waals surface area contributed by atoms with Crippen molar-refractivity contribution in [3.63, 3.8) is 0 Å². The molecule has 0 aromatic heterocycles. The third kappa shape index (κ3) is 2.07. The fourth-order valence-electron chi connectivity index (χ4n) is 2.50. The molecule has 3 rings (SSSR count). The van der Waals surface area contributed by atoms with Gasteiger partial charge in [-0.05, 0) is 11.6 Å². The van der Waals surface area contributed by atoms with Crippen LogP contribution in [0.25, 0.3) is 0 Å². The molecule has 1 N–H and O–H groups in total. The predicted molar refractivity (Wildman–Crippen MR) is 70.4 cm³/mol. The standard InChI is InChI=1S/C16H13NO2/c17-10-16-12-7-4-8-14(18)13(12)9-15(19-16)11-5-2-1-3-6-11/h1-8,15-16,18H,9H2/t15-,16+/m1/s1. The summed E-state index contributed by atoms with van der Waals surface area (Å²) in [7, 11) is 0. The number of hydrogen-bond acceptors (Lipinski definition) is 3. The van der Waals surface area contributed by atoms with Crippen molar-refractivity contribution in [3.05, 3.63) is 65.2 Å². The second kappa shape index (κ2) is 4.75. The molecule has 0 bridgehead atoms. The minimum atomic E-state index is -0.624. The number of phenols is 1. The number of ether oxygens (including phenoxy) is 1. The molecule has 2 aromatic carbocycles. The van der Waals surface area contributed by atoms with Crippen LogP contribution in [0, 0.1) is 11.3 Å². The summed E-state index contributed by atoms with van der Waals surface area (Å²) in [5, 5.41) is 19.2. The van der Waals surface area contributed by atoms with Crippen LogP contribution in [0.3, 0.4) is 0 Å². The van der Waals surface area contributed by atoms with Crippen molar-refractivity contribution < 1.29 is 9.84 Å². The number of rotatable bonds is 1. The molecule has 19 heavy (non-hydrogen) atoms. The zero-order chi connectivity index (χ0) is 13.2. The zero-order valence-electron chi connectivity index (χ0n) is 10.3. The fraction of sp³-hybridized carbons (Fsp3) is 0.188. The molecular weight excluding hydrogens is 238 g/mol. The van der Waals surface area contributed by atoms with Gasteiger partial charge in [0.15, 0.2) is 6.10 Å². The van der Waals surface area contributed by atoms with E-state index < -0.39 is 6.10 Å². The molecular formula is C16H13NO2. The summed E-state index contributed by atoms with van der Waals surface area (Å²) < 4.78 is 5.83. The minimum absolute atomic E-state index is 0.188.